The fourth-order valence-corrected chi connectivity index (χ4v) is 3.00. The molecule has 0 saturated heterocycles. The van der Waals surface area contributed by atoms with Crippen LogP contribution in [0.4, 0.5) is 0 Å². The molecule has 1 aromatic heterocycles. The highest BCUT2D eigenvalue weighted by Gasteiger charge is 2.17. The first-order valence-electron chi connectivity index (χ1n) is 5.65. The van der Waals surface area contributed by atoms with Crippen molar-refractivity contribution in [2.75, 3.05) is 0 Å². The zero-order valence-corrected chi connectivity index (χ0v) is 11.9. The summed E-state index contributed by atoms with van der Waals surface area (Å²) in [7, 11) is -3.64. The molecule has 0 amide bonds. The Morgan fingerprint density at radius 1 is 1.21 bits per heavy atom. The van der Waals surface area contributed by atoms with Gasteiger partial charge in [0, 0.05) is 12.7 Å². The van der Waals surface area contributed by atoms with E-state index in [2.05, 4.69) is 9.71 Å². The van der Waals surface area contributed by atoms with E-state index in [-0.39, 0.29) is 16.6 Å². The highest BCUT2D eigenvalue weighted by molar-refractivity contribution is 7.89. The third-order valence-electron chi connectivity index (χ3n) is 2.60. The molecule has 0 fully saturated rings. The summed E-state index contributed by atoms with van der Waals surface area (Å²) >= 11 is 5.78. The van der Waals surface area contributed by atoms with Crippen molar-refractivity contribution in [2.45, 2.75) is 18.4 Å². The number of rotatable bonds is 4. The van der Waals surface area contributed by atoms with E-state index < -0.39 is 10.0 Å². The third-order valence-corrected chi connectivity index (χ3v) is 4.45. The van der Waals surface area contributed by atoms with Gasteiger partial charge < -0.3 is 0 Å². The van der Waals surface area contributed by atoms with Gasteiger partial charge in [-0.3, -0.25) is 0 Å². The standard InChI is InChI=1S/C13H13ClN2O2S/c1-10-4-6-11(7-5-10)9-16-19(17,18)12-3-2-8-15-13(12)14/h2-8,16H,9H2,1H3. The first kappa shape index (κ1) is 14.0. The molecular formula is C13H13ClN2O2S. The fourth-order valence-electron chi connectivity index (χ4n) is 1.53. The summed E-state index contributed by atoms with van der Waals surface area (Å²) in [4.78, 5) is 3.75. The second-order valence-corrected chi connectivity index (χ2v) is 6.20. The van der Waals surface area contributed by atoms with Gasteiger partial charge in [-0.15, -0.1) is 0 Å². The van der Waals surface area contributed by atoms with Crippen molar-refractivity contribution < 1.29 is 8.42 Å². The van der Waals surface area contributed by atoms with E-state index in [9.17, 15) is 8.42 Å². The monoisotopic (exact) mass is 296 g/mol. The first-order valence-corrected chi connectivity index (χ1v) is 7.51. The molecule has 0 aliphatic rings. The molecule has 0 spiro atoms. The Bertz CT molecular complexity index is 669. The highest BCUT2D eigenvalue weighted by atomic mass is 35.5. The molecule has 1 heterocycles. The van der Waals surface area contributed by atoms with Gasteiger partial charge in [-0.05, 0) is 24.6 Å². The fraction of sp³-hybridized carbons (Fsp3) is 0.154. The highest BCUT2D eigenvalue weighted by Crippen LogP contribution is 2.17. The summed E-state index contributed by atoms with van der Waals surface area (Å²) in [6, 6.07) is 10.6. The molecule has 1 aromatic carbocycles. The lowest BCUT2D eigenvalue weighted by atomic mass is 10.2. The normalized spacial score (nSPS) is 11.5. The van der Waals surface area contributed by atoms with E-state index in [4.69, 9.17) is 11.6 Å². The van der Waals surface area contributed by atoms with Gasteiger partial charge in [0.1, 0.15) is 10.0 Å². The summed E-state index contributed by atoms with van der Waals surface area (Å²) in [5, 5.41) is -0.0288. The molecular weight excluding hydrogens is 284 g/mol. The maximum Gasteiger partial charge on any atom is 0.243 e. The molecule has 0 saturated carbocycles. The topological polar surface area (TPSA) is 59.1 Å². The molecule has 4 nitrogen and oxygen atoms in total. The van der Waals surface area contributed by atoms with Gasteiger partial charge >= 0.3 is 0 Å². The molecule has 0 unspecified atom stereocenters. The Morgan fingerprint density at radius 3 is 2.53 bits per heavy atom. The number of hydrogen-bond acceptors (Lipinski definition) is 3. The van der Waals surface area contributed by atoms with Crippen molar-refractivity contribution in [1.82, 2.24) is 9.71 Å². The Labute approximate surface area is 117 Å². The Morgan fingerprint density at radius 2 is 1.89 bits per heavy atom. The lowest BCUT2D eigenvalue weighted by Gasteiger charge is -2.07. The van der Waals surface area contributed by atoms with Gasteiger partial charge in [-0.2, -0.15) is 0 Å². The van der Waals surface area contributed by atoms with Crippen LogP contribution in [0.3, 0.4) is 0 Å². The smallest absolute Gasteiger partial charge is 0.243 e. The molecule has 0 bridgehead atoms. The lowest BCUT2D eigenvalue weighted by molar-refractivity contribution is 0.581. The summed E-state index contributed by atoms with van der Waals surface area (Å²) in [6.45, 7) is 2.19. The van der Waals surface area contributed by atoms with Crippen LogP contribution in [0.15, 0.2) is 47.5 Å². The third kappa shape index (κ3) is 3.53. The van der Waals surface area contributed by atoms with Gasteiger partial charge in [0.25, 0.3) is 0 Å². The molecule has 19 heavy (non-hydrogen) atoms. The van der Waals surface area contributed by atoms with Crippen LogP contribution in [0.2, 0.25) is 5.15 Å². The molecule has 0 atom stereocenters. The van der Waals surface area contributed by atoms with Crippen LogP contribution >= 0.6 is 11.6 Å². The Balaban J connectivity index is 2.14. The Kier molecular flexibility index (Phi) is 4.19. The van der Waals surface area contributed by atoms with E-state index in [1.54, 1.807) is 0 Å². The van der Waals surface area contributed by atoms with Crippen molar-refractivity contribution in [3.05, 3.63) is 58.9 Å². The molecule has 6 heteroatoms. The zero-order chi connectivity index (χ0) is 13.9. The summed E-state index contributed by atoms with van der Waals surface area (Å²) in [5.41, 5.74) is 2.01. The minimum atomic E-state index is -3.64. The molecule has 0 radical (unpaired) electrons. The van der Waals surface area contributed by atoms with Crippen molar-refractivity contribution in [3.63, 3.8) is 0 Å². The molecule has 0 aliphatic carbocycles. The first-order chi connectivity index (χ1) is 8.99. The Hall–Kier alpha value is -1.43. The summed E-state index contributed by atoms with van der Waals surface area (Å²) < 4.78 is 26.6. The summed E-state index contributed by atoms with van der Waals surface area (Å²) in [6.07, 6.45) is 1.45. The van der Waals surface area contributed by atoms with Gasteiger partial charge in [0.15, 0.2) is 0 Å². The average molecular weight is 297 g/mol. The second-order valence-electron chi connectivity index (χ2n) is 4.10. The quantitative estimate of drug-likeness (QED) is 0.882. The minimum Gasteiger partial charge on any atom is -0.243 e. The largest absolute Gasteiger partial charge is 0.243 e. The number of halogens is 1. The zero-order valence-electron chi connectivity index (χ0n) is 10.3. The number of sulfonamides is 1. The van der Waals surface area contributed by atoms with Crippen LogP contribution in [0, 0.1) is 6.92 Å². The number of aryl methyl sites for hydroxylation is 1. The van der Waals surface area contributed by atoms with E-state index >= 15 is 0 Å². The molecule has 1 N–H and O–H groups in total. The number of nitrogens with zero attached hydrogens (tertiary/aromatic N) is 1. The van der Waals surface area contributed by atoms with Crippen LogP contribution in [-0.4, -0.2) is 13.4 Å². The van der Waals surface area contributed by atoms with E-state index in [1.807, 2.05) is 31.2 Å². The lowest BCUT2D eigenvalue weighted by Crippen LogP contribution is -2.23. The number of nitrogens with one attached hydrogen (secondary N) is 1. The van der Waals surface area contributed by atoms with Crippen molar-refractivity contribution in [2.24, 2.45) is 0 Å². The van der Waals surface area contributed by atoms with Crippen LogP contribution in [0.25, 0.3) is 0 Å². The van der Waals surface area contributed by atoms with E-state index in [0.717, 1.165) is 11.1 Å². The number of benzene rings is 1. The second kappa shape index (κ2) is 5.69. The van der Waals surface area contributed by atoms with Crippen LogP contribution in [0.5, 0.6) is 0 Å². The van der Waals surface area contributed by atoms with Gasteiger partial charge in [-0.1, -0.05) is 41.4 Å². The minimum absolute atomic E-state index is 0.0104. The maximum atomic E-state index is 12.1. The number of aromatic nitrogens is 1. The molecule has 2 rings (SSSR count). The van der Waals surface area contributed by atoms with Crippen LogP contribution in [0.1, 0.15) is 11.1 Å². The van der Waals surface area contributed by atoms with Crippen LogP contribution < -0.4 is 4.72 Å². The average Bonchev–Trinajstić information content (AvgIpc) is 2.38. The molecule has 0 aliphatic heterocycles. The van der Waals surface area contributed by atoms with E-state index in [1.165, 1.54) is 18.3 Å². The predicted octanol–water partition coefficient (Wildman–Crippen LogP) is 2.52. The SMILES string of the molecule is Cc1ccc(CNS(=O)(=O)c2cccnc2Cl)cc1. The van der Waals surface area contributed by atoms with Gasteiger partial charge in [0.2, 0.25) is 10.0 Å². The number of hydrogen-bond donors (Lipinski definition) is 1. The molecule has 2 aromatic rings. The van der Waals surface area contributed by atoms with Crippen LogP contribution in [-0.2, 0) is 16.6 Å². The molecule has 100 valence electrons. The van der Waals surface area contributed by atoms with Crippen molar-refractivity contribution >= 4 is 21.6 Å². The summed E-state index contributed by atoms with van der Waals surface area (Å²) in [5.74, 6) is 0. The van der Waals surface area contributed by atoms with Gasteiger partial charge in [0.05, 0.1) is 0 Å². The predicted molar refractivity (Wildman–Crippen MR) is 74.5 cm³/mol. The van der Waals surface area contributed by atoms with E-state index in [0.29, 0.717) is 0 Å². The van der Waals surface area contributed by atoms with Crippen molar-refractivity contribution in [3.8, 4) is 0 Å². The maximum absolute atomic E-state index is 12.1. The van der Waals surface area contributed by atoms with Gasteiger partial charge in [-0.25, -0.2) is 18.1 Å². The van der Waals surface area contributed by atoms with Crippen molar-refractivity contribution in [1.29, 1.82) is 0 Å². The number of pyridine rings is 1.